The van der Waals surface area contributed by atoms with Gasteiger partial charge in [0.25, 0.3) is 0 Å². The molecular formula is C14H17N3OS. The standard InChI is InChI=1S/C14H17N3OS/c1-10-7-8-11(9-10)16-17-14(19)15-12-5-3-4-6-13(12)18-2/h3-6,9H,7-8H2,1-2H3,(H2,15,17,19). The van der Waals surface area contributed by atoms with E-state index >= 15 is 0 Å². The Hall–Kier alpha value is -1.88. The summed E-state index contributed by atoms with van der Waals surface area (Å²) in [6, 6.07) is 7.61. The third-order valence-electron chi connectivity index (χ3n) is 2.84. The fraction of sp³-hybridized carbons (Fsp3) is 0.286. The van der Waals surface area contributed by atoms with Crippen molar-refractivity contribution in [2.75, 3.05) is 12.4 Å². The normalized spacial score (nSPS) is 16.1. The summed E-state index contributed by atoms with van der Waals surface area (Å²) in [4.78, 5) is 0. The number of ether oxygens (including phenoxy) is 1. The number of methoxy groups -OCH3 is 1. The summed E-state index contributed by atoms with van der Waals surface area (Å²) >= 11 is 5.20. The molecule has 1 aliphatic rings. The number of hydrazone groups is 1. The lowest BCUT2D eigenvalue weighted by Crippen LogP contribution is -2.24. The van der Waals surface area contributed by atoms with Crippen molar-refractivity contribution in [3.05, 3.63) is 35.9 Å². The highest BCUT2D eigenvalue weighted by Crippen LogP contribution is 2.22. The summed E-state index contributed by atoms with van der Waals surface area (Å²) in [5.41, 5.74) is 6.05. The van der Waals surface area contributed by atoms with Gasteiger partial charge in [-0.3, -0.25) is 5.43 Å². The first-order chi connectivity index (χ1) is 9.19. The Kier molecular flexibility index (Phi) is 4.52. The van der Waals surface area contributed by atoms with Crippen molar-refractivity contribution in [3.8, 4) is 5.75 Å². The van der Waals surface area contributed by atoms with E-state index in [2.05, 4.69) is 28.8 Å². The van der Waals surface area contributed by atoms with Gasteiger partial charge in [-0.15, -0.1) is 0 Å². The molecule has 0 spiro atoms. The Labute approximate surface area is 118 Å². The van der Waals surface area contributed by atoms with Crippen LogP contribution in [0.15, 0.2) is 41.0 Å². The number of nitrogens with zero attached hydrogens (tertiary/aromatic N) is 1. The molecule has 0 saturated carbocycles. The third-order valence-corrected chi connectivity index (χ3v) is 3.04. The number of nitrogens with one attached hydrogen (secondary N) is 2. The first-order valence-corrected chi connectivity index (χ1v) is 6.53. The number of thiocarbonyl (C=S) groups is 1. The Bertz CT molecular complexity index is 537. The van der Waals surface area contributed by atoms with Crippen LogP contribution >= 0.6 is 12.2 Å². The van der Waals surface area contributed by atoms with Crippen molar-refractivity contribution in [2.24, 2.45) is 5.10 Å². The summed E-state index contributed by atoms with van der Waals surface area (Å²) in [6.45, 7) is 2.11. The van der Waals surface area contributed by atoms with Crippen molar-refractivity contribution in [1.82, 2.24) is 5.43 Å². The molecule has 4 nitrogen and oxygen atoms in total. The molecule has 1 aromatic rings. The predicted octanol–water partition coefficient (Wildman–Crippen LogP) is 3.08. The lowest BCUT2D eigenvalue weighted by molar-refractivity contribution is 0.417. The molecule has 100 valence electrons. The smallest absolute Gasteiger partial charge is 0.191 e. The lowest BCUT2D eigenvalue weighted by atomic mass is 10.3. The average Bonchev–Trinajstić information content (AvgIpc) is 2.83. The fourth-order valence-electron chi connectivity index (χ4n) is 1.86. The van der Waals surface area contributed by atoms with Gasteiger partial charge in [0.05, 0.1) is 18.5 Å². The van der Waals surface area contributed by atoms with Crippen molar-refractivity contribution >= 4 is 28.7 Å². The van der Waals surface area contributed by atoms with Crippen LogP contribution in [0.2, 0.25) is 0 Å². The van der Waals surface area contributed by atoms with E-state index in [9.17, 15) is 0 Å². The monoisotopic (exact) mass is 275 g/mol. The van der Waals surface area contributed by atoms with E-state index in [4.69, 9.17) is 17.0 Å². The molecule has 0 bridgehead atoms. The van der Waals surface area contributed by atoms with E-state index in [-0.39, 0.29) is 0 Å². The number of hydrogen-bond acceptors (Lipinski definition) is 3. The Morgan fingerprint density at radius 3 is 2.79 bits per heavy atom. The molecule has 1 aliphatic carbocycles. The molecule has 0 atom stereocenters. The highest BCUT2D eigenvalue weighted by molar-refractivity contribution is 7.80. The maximum absolute atomic E-state index is 5.24. The molecular weight excluding hydrogens is 258 g/mol. The van der Waals surface area contributed by atoms with Gasteiger partial charge < -0.3 is 10.1 Å². The van der Waals surface area contributed by atoms with E-state index in [1.54, 1.807) is 7.11 Å². The summed E-state index contributed by atoms with van der Waals surface area (Å²) in [6.07, 6.45) is 4.13. The second-order valence-electron chi connectivity index (χ2n) is 4.36. The van der Waals surface area contributed by atoms with Crippen molar-refractivity contribution < 1.29 is 4.74 Å². The van der Waals surface area contributed by atoms with Gasteiger partial charge in [-0.25, -0.2) is 0 Å². The van der Waals surface area contributed by atoms with E-state index in [1.165, 1.54) is 5.57 Å². The minimum Gasteiger partial charge on any atom is -0.495 e. The van der Waals surface area contributed by atoms with Gasteiger partial charge in [0.2, 0.25) is 0 Å². The van der Waals surface area contributed by atoms with Crippen LogP contribution in [-0.4, -0.2) is 17.9 Å². The molecule has 0 amide bonds. The minimum atomic E-state index is 0.454. The van der Waals surface area contributed by atoms with Crippen LogP contribution in [-0.2, 0) is 0 Å². The van der Waals surface area contributed by atoms with E-state index in [1.807, 2.05) is 24.3 Å². The van der Waals surface area contributed by atoms with Crippen LogP contribution in [0.3, 0.4) is 0 Å². The van der Waals surface area contributed by atoms with Gasteiger partial charge in [0.1, 0.15) is 5.75 Å². The van der Waals surface area contributed by atoms with Crippen LogP contribution < -0.4 is 15.5 Å². The lowest BCUT2D eigenvalue weighted by Gasteiger charge is -2.11. The maximum Gasteiger partial charge on any atom is 0.191 e. The van der Waals surface area contributed by atoms with E-state index in [0.717, 1.165) is 30.0 Å². The molecule has 2 N–H and O–H groups in total. The molecule has 1 aromatic carbocycles. The number of anilines is 1. The molecule has 0 aliphatic heterocycles. The van der Waals surface area contributed by atoms with Crippen LogP contribution in [0.5, 0.6) is 5.75 Å². The molecule has 19 heavy (non-hydrogen) atoms. The van der Waals surface area contributed by atoms with Gasteiger partial charge in [-0.2, -0.15) is 5.10 Å². The third kappa shape index (κ3) is 3.79. The van der Waals surface area contributed by atoms with Gasteiger partial charge in [-0.1, -0.05) is 17.7 Å². The fourth-order valence-corrected chi connectivity index (χ4v) is 2.02. The zero-order chi connectivity index (χ0) is 13.7. The first kappa shape index (κ1) is 13.5. The zero-order valence-corrected chi connectivity index (χ0v) is 11.9. The molecule has 2 rings (SSSR count). The number of rotatable bonds is 3. The van der Waals surface area contributed by atoms with E-state index < -0.39 is 0 Å². The summed E-state index contributed by atoms with van der Waals surface area (Å²) in [5, 5.41) is 7.79. The highest BCUT2D eigenvalue weighted by Gasteiger charge is 2.07. The SMILES string of the molecule is COc1ccccc1NC(=S)NN=C1C=C(C)CC1. The number of hydrogen-bond donors (Lipinski definition) is 2. The second-order valence-corrected chi connectivity index (χ2v) is 4.77. The van der Waals surface area contributed by atoms with Crippen LogP contribution in [0.4, 0.5) is 5.69 Å². The second kappa shape index (κ2) is 6.33. The molecule has 0 aromatic heterocycles. The molecule has 5 heteroatoms. The predicted molar refractivity (Wildman–Crippen MR) is 82.8 cm³/mol. The van der Waals surface area contributed by atoms with Gasteiger partial charge in [0.15, 0.2) is 5.11 Å². The summed E-state index contributed by atoms with van der Waals surface area (Å²) in [7, 11) is 1.63. The topological polar surface area (TPSA) is 45.6 Å². The Balaban J connectivity index is 1.95. The molecule has 0 radical (unpaired) electrons. The van der Waals surface area contributed by atoms with Gasteiger partial charge in [-0.05, 0) is 50.2 Å². The number of allylic oxidation sites excluding steroid dienone is 2. The van der Waals surface area contributed by atoms with Crippen LogP contribution in [0, 0.1) is 0 Å². The summed E-state index contributed by atoms with van der Waals surface area (Å²) in [5.74, 6) is 0.746. The van der Waals surface area contributed by atoms with E-state index in [0.29, 0.717) is 5.11 Å². The van der Waals surface area contributed by atoms with Gasteiger partial charge >= 0.3 is 0 Å². The maximum atomic E-state index is 5.24. The minimum absolute atomic E-state index is 0.454. The number of para-hydroxylation sites is 2. The van der Waals surface area contributed by atoms with Gasteiger partial charge in [0, 0.05) is 0 Å². The summed E-state index contributed by atoms with van der Waals surface area (Å²) < 4.78 is 5.24. The highest BCUT2D eigenvalue weighted by atomic mass is 32.1. The van der Waals surface area contributed by atoms with Crippen LogP contribution in [0.1, 0.15) is 19.8 Å². The van der Waals surface area contributed by atoms with Crippen molar-refractivity contribution in [1.29, 1.82) is 0 Å². The number of benzene rings is 1. The van der Waals surface area contributed by atoms with Crippen molar-refractivity contribution in [2.45, 2.75) is 19.8 Å². The Morgan fingerprint density at radius 2 is 2.11 bits per heavy atom. The molecule has 0 unspecified atom stereocenters. The Morgan fingerprint density at radius 1 is 1.32 bits per heavy atom. The molecule has 0 fully saturated rings. The quantitative estimate of drug-likeness (QED) is 0.657. The zero-order valence-electron chi connectivity index (χ0n) is 11.1. The van der Waals surface area contributed by atoms with Crippen molar-refractivity contribution in [3.63, 3.8) is 0 Å². The van der Waals surface area contributed by atoms with Crippen LogP contribution in [0.25, 0.3) is 0 Å². The average molecular weight is 275 g/mol. The molecule has 0 saturated heterocycles. The largest absolute Gasteiger partial charge is 0.495 e. The molecule has 0 heterocycles. The first-order valence-electron chi connectivity index (χ1n) is 6.13.